The Bertz CT molecular complexity index is 1160. The highest BCUT2D eigenvalue weighted by Crippen LogP contribution is 2.35. The number of nitriles is 1. The molecule has 0 spiro atoms. The van der Waals surface area contributed by atoms with Crippen molar-refractivity contribution in [2.45, 2.75) is 17.7 Å². The first-order valence-electron chi connectivity index (χ1n) is 8.72. The number of aromatic nitrogens is 3. The maximum absolute atomic E-state index is 12.4. The average Bonchev–Trinajstić information content (AvgIpc) is 3.31. The molecule has 3 aromatic rings. The van der Waals surface area contributed by atoms with Gasteiger partial charge in [-0.2, -0.15) is 5.26 Å². The van der Waals surface area contributed by atoms with Crippen LogP contribution in [0.3, 0.4) is 0 Å². The summed E-state index contributed by atoms with van der Waals surface area (Å²) in [6.45, 7) is 4.56. The third-order valence-electron chi connectivity index (χ3n) is 5.11. The smallest absolute Gasteiger partial charge is 0.201 e. The minimum atomic E-state index is -3.56. The summed E-state index contributed by atoms with van der Waals surface area (Å²) in [5, 5.41) is 10.4. The summed E-state index contributed by atoms with van der Waals surface area (Å²) in [5.74, 6) is -0.0639. The number of rotatable bonds is 5. The van der Waals surface area contributed by atoms with Gasteiger partial charge in [-0.05, 0) is 30.0 Å². The number of pyridine rings is 2. The highest BCUT2D eigenvalue weighted by atomic mass is 32.2. The summed E-state index contributed by atoms with van der Waals surface area (Å²) < 4.78 is 24.8. The molecule has 4 rings (SSSR count). The van der Waals surface area contributed by atoms with Gasteiger partial charge in [-0.15, -0.1) is 6.58 Å². The summed E-state index contributed by atoms with van der Waals surface area (Å²) in [7, 11) is -3.56. The second-order valence-corrected chi connectivity index (χ2v) is 8.84. The van der Waals surface area contributed by atoms with Crippen molar-refractivity contribution >= 4 is 31.8 Å². The molecule has 0 saturated carbocycles. The number of likely N-dealkylation sites (tertiary alicyclic amines) is 1. The number of fused-ring (bicyclic) bond motifs is 3. The van der Waals surface area contributed by atoms with Crippen molar-refractivity contribution in [2.75, 3.05) is 18.8 Å². The van der Waals surface area contributed by atoms with Gasteiger partial charge in [-0.25, -0.2) is 13.4 Å². The second kappa shape index (κ2) is 6.76. The van der Waals surface area contributed by atoms with Crippen LogP contribution in [0.5, 0.6) is 0 Å². The van der Waals surface area contributed by atoms with E-state index < -0.39 is 15.2 Å². The van der Waals surface area contributed by atoms with Gasteiger partial charge in [0.25, 0.3) is 0 Å². The quantitative estimate of drug-likeness (QED) is 0.681. The Labute approximate surface area is 157 Å². The molecule has 27 heavy (non-hydrogen) atoms. The lowest BCUT2D eigenvalue weighted by Gasteiger charge is -2.22. The normalized spacial score (nSPS) is 19.3. The predicted octanol–water partition coefficient (Wildman–Crippen LogP) is 2.35. The highest BCUT2D eigenvalue weighted by Gasteiger charge is 2.36. The van der Waals surface area contributed by atoms with Gasteiger partial charge in [0.1, 0.15) is 5.65 Å². The van der Waals surface area contributed by atoms with E-state index in [1.54, 1.807) is 17.3 Å². The molecule has 3 aromatic heterocycles. The topological polar surface area (TPSA) is 103 Å². The van der Waals surface area contributed by atoms with E-state index in [2.05, 4.69) is 21.5 Å². The summed E-state index contributed by atoms with van der Waals surface area (Å²) in [6.07, 6.45) is 7.48. The Kier molecular flexibility index (Phi) is 4.42. The fourth-order valence-electron chi connectivity index (χ4n) is 3.92. The molecule has 1 aliphatic rings. The Morgan fingerprint density at radius 2 is 2.30 bits per heavy atom. The molecule has 2 unspecified atom stereocenters. The van der Waals surface area contributed by atoms with Gasteiger partial charge in [0, 0.05) is 36.3 Å². The maximum Gasteiger partial charge on any atom is 0.201 e. The molecular weight excluding hydrogens is 362 g/mol. The van der Waals surface area contributed by atoms with Crippen LogP contribution in [0.25, 0.3) is 21.9 Å². The van der Waals surface area contributed by atoms with Crippen LogP contribution >= 0.6 is 0 Å². The molecule has 7 nitrogen and oxygen atoms in total. The van der Waals surface area contributed by atoms with Crippen LogP contribution in [0.4, 0.5) is 0 Å². The van der Waals surface area contributed by atoms with E-state index in [1.807, 2.05) is 24.4 Å². The highest BCUT2D eigenvalue weighted by molar-refractivity contribution is 7.92. The Morgan fingerprint density at radius 3 is 3.07 bits per heavy atom. The number of H-pyrrole nitrogens is 1. The van der Waals surface area contributed by atoms with E-state index in [1.165, 1.54) is 6.08 Å². The predicted molar refractivity (Wildman–Crippen MR) is 104 cm³/mol. The number of nitrogens with zero attached hydrogens (tertiary/aromatic N) is 4. The SMILES string of the molecule is C=CCS(=O)(=O)C(C#N)N1CCC(c2ccnc3cnc4[nH]ccc4c23)C1. The molecule has 0 aliphatic carbocycles. The van der Waals surface area contributed by atoms with Crippen LogP contribution in [0.1, 0.15) is 17.9 Å². The number of aromatic amines is 1. The number of sulfone groups is 1. The summed E-state index contributed by atoms with van der Waals surface area (Å²) in [4.78, 5) is 13.7. The van der Waals surface area contributed by atoms with Crippen molar-refractivity contribution in [2.24, 2.45) is 0 Å². The molecular formula is C19H19N5O2S. The molecule has 1 N–H and O–H groups in total. The van der Waals surface area contributed by atoms with Crippen LogP contribution in [-0.4, -0.2) is 52.5 Å². The number of hydrogen-bond acceptors (Lipinski definition) is 6. The largest absolute Gasteiger partial charge is 0.346 e. The molecule has 138 valence electrons. The average molecular weight is 381 g/mol. The van der Waals surface area contributed by atoms with E-state index in [0.29, 0.717) is 13.1 Å². The molecule has 1 aliphatic heterocycles. The lowest BCUT2D eigenvalue weighted by Crippen LogP contribution is -2.39. The van der Waals surface area contributed by atoms with Gasteiger partial charge in [-0.3, -0.25) is 9.88 Å². The monoisotopic (exact) mass is 381 g/mol. The second-order valence-electron chi connectivity index (χ2n) is 6.74. The third kappa shape index (κ3) is 2.99. The lowest BCUT2D eigenvalue weighted by atomic mass is 9.94. The molecule has 0 aromatic carbocycles. The van der Waals surface area contributed by atoms with Crippen molar-refractivity contribution in [3.63, 3.8) is 0 Å². The standard InChI is InChI=1S/C19H19N5O2S/c1-2-9-27(25,26)17(10-20)24-8-5-13(12-24)14-3-6-21-16-11-23-19-15(18(14)16)4-7-22-19/h2-4,6-7,11,13,17H,1,5,8-9,12H2,(H,22,23). The first kappa shape index (κ1) is 17.6. The molecule has 0 amide bonds. The van der Waals surface area contributed by atoms with Gasteiger partial charge < -0.3 is 4.98 Å². The summed E-state index contributed by atoms with van der Waals surface area (Å²) in [6, 6.07) is 5.94. The summed E-state index contributed by atoms with van der Waals surface area (Å²) >= 11 is 0. The Hall–Kier alpha value is -2.76. The van der Waals surface area contributed by atoms with Gasteiger partial charge in [0.15, 0.2) is 9.84 Å². The van der Waals surface area contributed by atoms with Crippen molar-refractivity contribution in [3.05, 3.63) is 48.9 Å². The van der Waals surface area contributed by atoms with Crippen molar-refractivity contribution in [1.82, 2.24) is 19.9 Å². The minimum Gasteiger partial charge on any atom is -0.346 e. The molecule has 8 heteroatoms. The van der Waals surface area contributed by atoms with E-state index >= 15 is 0 Å². The van der Waals surface area contributed by atoms with Crippen LogP contribution in [0.15, 0.2) is 43.4 Å². The van der Waals surface area contributed by atoms with E-state index in [9.17, 15) is 13.7 Å². The van der Waals surface area contributed by atoms with Crippen molar-refractivity contribution < 1.29 is 8.42 Å². The van der Waals surface area contributed by atoms with Crippen LogP contribution in [-0.2, 0) is 9.84 Å². The number of hydrogen-bond donors (Lipinski definition) is 1. The van der Waals surface area contributed by atoms with Crippen molar-refractivity contribution in [1.29, 1.82) is 5.26 Å². The maximum atomic E-state index is 12.4. The Morgan fingerprint density at radius 1 is 1.44 bits per heavy atom. The minimum absolute atomic E-state index is 0.130. The van der Waals surface area contributed by atoms with E-state index in [-0.39, 0.29) is 11.7 Å². The molecule has 1 fully saturated rings. The van der Waals surface area contributed by atoms with Gasteiger partial charge >= 0.3 is 0 Å². The van der Waals surface area contributed by atoms with Crippen LogP contribution in [0, 0.1) is 11.3 Å². The molecule has 2 atom stereocenters. The zero-order valence-electron chi connectivity index (χ0n) is 14.7. The molecule has 4 heterocycles. The number of nitrogens with one attached hydrogen (secondary N) is 1. The van der Waals surface area contributed by atoms with Gasteiger partial charge in [0.2, 0.25) is 5.37 Å². The zero-order chi connectivity index (χ0) is 19.0. The fourth-order valence-corrected chi connectivity index (χ4v) is 5.24. The summed E-state index contributed by atoms with van der Waals surface area (Å²) in [5.41, 5.74) is 2.73. The van der Waals surface area contributed by atoms with E-state index in [0.717, 1.165) is 33.9 Å². The lowest BCUT2D eigenvalue weighted by molar-refractivity contribution is 0.340. The first-order valence-corrected chi connectivity index (χ1v) is 10.4. The molecule has 1 saturated heterocycles. The Balaban J connectivity index is 1.71. The van der Waals surface area contributed by atoms with Gasteiger partial charge in [0.05, 0.1) is 23.5 Å². The van der Waals surface area contributed by atoms with E-state index in [4.69, 9.17) is 0 Å². The van der Waals surface area contributed by atoms with Crippen LogP contribution in [0.2, 0.25) is 0 Å². The molecule has 0 radical (unpaired) electrons. The zero-order valence-corrected chi connectivity index (χ0v) is 15.5. The van der Waals surface area contributed by atoms with Gasteiger partial charge in [-0.1, -0.05) is 6.08 Å². The molecule has 0 bridgehead atoms. The van der Waals surface area contributed by atoms with Crippen LogP contribution < -0.4 is 0 Å². The third-order valence-corrected chi connectivity index (χ3v) is 6.90. The first-order chi connectivity index (χ1) is 13.0. The fraction of sp³-hybridized carbons (Fsp3) is 0.316. The van der Waals surface area contributed by atoms with Crippen molar-refractivity contribution in [3.8, 4) is 6.07 Å².